The van der Waals surface area contributed by atoms with Gasteiger partial charge in [-0.15, -0.1) is 11.8 Å². The number of carbonyl (C=O) groups is 1. The van der Waals surface area contributed by atoms with Gasteiger partial charge in [0.05, 0.1) is 18.6 Å². The molecule has 0 unspecified atom stereocenters. The Morgan fingerprint density at radius 1 is 1.16 bits per heavy atom. The standard InChI is InChI=1S/C20H24N2O2S/c1-16(2)13-24-19-10-8-17(9-11-19)12-21-22-20(23)15-25-14-18-6-4-3-5-7-18/h3-12,16H,13-15H2,1-2H3,(H,22,23)/b21-12-. The lowest BCUT2D eigenvalue weighted by Gasteiger charge is -2.08. The number of nitrogens with one attached hydrogen (secondary N) is 1. The first kappa shape index (κ1) is 19.1. The van der Waals surface area contributed by atoms with Crippen LogP contribution in [0.5, 0.6) is 5.75 Å². The van der Waals surface area contributed by atoms with E-state index < -0.39 is 0 Å². The van der Waals surface area contributed by atoms with Gasteiger partial charge in [-0.25, -0.2) is 5.43 Å². The van der Waals surface area contributed by atoms with E-state index in [9.17, 15) is 4.79 Å². The Bertz CT molecular complexity index is 670. The molecular weight excluding hydrogens is 332 g/mol. The van der Waals surface area contributed by atoms with Crippen molar-refractivity contribution in [3.63, 3.8) is 0 Å². The minimum Gasteiger partial charge on any atom is -0.493 e. The Balaban J connectivity index is 1.68. The second kappa shape index (κ2) is 10.6. The molecule has 25 heavy (non-hydrogen) atoms. The van der Waals surface area contributed by atoms with Gasteiger partial charge in [-0.05, 0) is 41.3 Å². The van der Waals surface area contributed by atoms with Crippen LogP contribution in [0.1, 0.15) is 25.0 Å². The third-order valence-electron chi connectivity index (χ3n) is 3.21. The summed E-state index contributed by atoms with van der Waals surface area (Å²) in [6.45, 7) is 4.92. The number of thioether (sulfide) groups is 1. The Labute approximate surface area is 153 Å². The molecule has 0 aliphatic rings. The molecule has 0 bridgehead atoms. The normalized spacial score (nSPS) is 11.0. The zero-order chi connectivity index (χ0) is 17.9. The van der Waals surface area contributed by atoms with Crippen LogP contribution in [0.2, 0.25) is 0 Å². The molecule has 2 aromatic rings. The largest absolute Gasteiger partial charge is 0.493 e. The quantitative estimate of drug-likeness (QED) is 0.543. The topological polar surface area (TPSA) is 50.7 Å². The molecule has 0 spiro atoms. The van der Waals surface area contributed by atoms with Gasteiger partial charge in [0.25, 0.3) is 0 Å². The van der Waals surface area contributed by atoms with Gasteiger partial charge >= 0.3 is 0 Å². The molecule has 0 aliphatic carbocycles. The fourth-order valence-electron chi connectivity index (χ4n) is 1.96. The van der Waals surface area contributed by atoms with Crippen LogP contribution >= 0.6 is 11.8 Å². The summed E-state index contributed by atoms with van der Waals surface area (Å²) < 4.78 is 5.63. The Morgan fingerprint density at radius 2 is 1.88 bits per heavy atom. The average molecular weight is 356 g/mol. The smallest absolute Gasteiger partial charge is 0.250 e. The van der Waals surface area contributed by atoms with Crippen molar-refractivity contribution in [2.24, 2.45) is 11.0 Å². The van der Waals surface area contributed by atoms with Gasteiger partial charge in [-0.2, -0.15) is 5.10 Å². The third-order valence-corrected chi connectivity index (χ3v) is 4.21. The second-order valence-electron chi connectivity index (χ2n) is 6.05. The molecule has 2 aromatic carbocycles. The van der Waals surface area contributed by atoms with Crippen molar-refractivity contribution in [1.82, 2.24) is 5.43 Å². The first-order valence-electron chi connectivity index (χ1n) is 8.30. The van der Waals surface area contributed by atoms with E-state index in [-0.39, 0.29) is 5.91 Å². The van der Waals surface area contributed by atoms with Gasteiger partial charge < -0.3 is 4.74 Å². The highest BCUT2D eigenvalue weighted by Gasteiger charge is 2.01. The molecule has 4 nitrogen and oxygen atoms in total. The maximum Gasteiger partial charge on any atom is 0.250 e. The van der Waals surface area contributed by atoms with E-state index in [1.807, 2.05) is 42.5 Å². The first-order chi connectivity index (χ1) is 12.1. The number of hydrogen-bond donors (Lipinski definition) is 1. The molecule has 0 saturated heterocycles. The Hall–Kier alpha value is -2.27. The predicted octanol–water partition coefficient (Wildman–Crippen LogP) is 4.10. The number of carbonyl (C=O) groups excluding carboxylic acids is 1. The molecule has 0 heterocycles. The van der Waals surface area contributed by atoms with E-state index in [0.29, 0.717) is 18.3 Å². The lowest BCUT2D eigenvalue weighted by molar-refractivity contribution is -0.118. The summed E-state index contributed by atoms with van der Waals surface area (Å²) >= 11 is 1.57. The number of ether oxygens (including phenoxy) is 1. The second-order valence-corrected chi connectivity index (χ2v) is 7.03. The minimum absolute atomic E-state index is 0.103. The van der Waals surface area contributed by atoms with Crippen molar-refractivity contribution < 1.29 is 9.53 Å². The molecule has 1 N–H and O–H groups in total. The highest BCUT2D eigenvalue weighted by atomic mass is 32.2. The van der Waals surface area contributed by atoms with Crippen molar-refractivity contribution in [3.8, 4) is 5.75 Å². The molecule has 132 valence electrons. The number of rotatable bonds is 9. The molecule has 0 aliphatic heterocycles. The fourth-order valence-corrected chi connectivity index (χ4v) is 2.74. The van der Waals surface area contributed by atoms with Crippen LogP contribution in [0.4, 0.5) is 0 Å². The average Bonchev–Trinajstić information content (AvgIpc) is 2.62. The lowest BCUT2D eigenvalue weighted by atomic mass is 10.2. The number of hydrazone groups is 1. The predicted molar refractivity (Wildman–Crippen MR) is 105 cm³/mol. The van der Waals surface area contributed by atoms with Crippen molar-refractivity contribution >= 4 is 23.9 Å². The zero-order valence-corrected chi connectivity index (χ0v) is 15.5. The molecule has 0 atom stereocenters. The number of amides is 1. The zero-order valence-electron chi connectivity index (χ0n) is 14.6. The van der Waals surface area contributed by atoms with Crippen molar-refractivity contribution in [2.75, 3.05) is 12.4 Å². The third kappa shape index (κ3) is 7.90. The first-order valence-corrected chi connectivity index (χ1v) is 9.45. The van der Waals surface area contributed by atoms with E-state index in [1.165, 1.54) is 5.56 Å². The minimum atomic E-state index is -0.103. The maximum atomic E-state index is 11.8. The SMILES string of the molecule is CC(C)COc1ccc(/C=N\NC(=O)CSCc2ccccc2)cc1. The van der Waals surface area contributed by atoms with E-state index in [1.54, 1.807) is 18.0 Å². The van der Waals surface area contributed by atoms with E-state index in [0.717, 1.165) is 17.1 Å². The molecular formula is C20H24N2O2S. The highest BCUT2D eigenvalue weighted by Crippen LogP contribution is 2.12. The van der Waals surface area contributed by atoms with E-state index in [4.69, 9.17) is 4.74 Å². The number of hydrogen-bond acceptors (Lipinski definition) is 4. The Kier molecular flexibility index (Phi) is 8.05. The fraction of sp³-hybridized carbons (Fsp3) is 0.300. The summed E-state index contributed by atoms with van der Waals surface area (Å²) in [6, 6.07) is 17.7. The summed E-state index contributed by atoms with van der Waals surface area (Å²) in [5.41, 5.74) is 4.67. The molecule has 0 radical (unpaired) electrons. The summed E-state index contributed by atoms with van der Waals surface area (Å²) in [5, 5.41) is 3.99. The lowest BCUT2D eigenvalue weighted by Crippen LogP contribution is -2.19. The van der Waals surface area contributed by atoms with Crippen LogP contribution < -0.4 is 10.2 Å². The van der Waals surface area contributed by atoms with Gasteiger partial charge in [-0.1, -0.05) is 44.2 Å². The van der Waals surface area contributed by atoms with Crippen molar-refractivity contribution in [2.45, 2.75) is 19.6 Å². The van der Waals surface area contributed by atoms with Crippen LogP contribution in [0.25, 0.3) is 0 Å². The van der Waals surface area contributed by atoms with Crippen LogP contribution in [0.15, 0.2) is 59.7 Å². The van der Waals surface area contributed by atoms with Crippen molar-refractivity contribution in [1.29, 1.82) is 0 Å². The molecule has 0 fully saturated rings. The maximum absolute atomic E-state index is 11.8. The van der Waals surface area contributed by atoms with Gasteiger partial charge in [0.15, 0.2) is 0 Å². The van der Waals surface area contributed by atoms with Crippen LogP contribution in [-0.4, -0.2) is 24.5 Å². The van der Waals surface area contributed by atoms with Crippen molar-refractivity contribution in [3.05, 3.63) is 65.7 Å². The van der Waals surface area contributed by atoms with Crippen LogP contribution in [0.3, 0.4) is 0 Å². The van der Waals surface area contributed by atoms with E-state index >= 15 is 0 Å². The molecule has 2 rings (SSSR count). The monoisotopic (exact) mass is 356 g/mol. The summed E-state index contributed by atoms with van der Waals surface area (Å²) in [7, 11) is 0. The van der Waals surface area contributed by atoms with Gasteiger partial charge in [-0.3, -0.25) is 4.79 Å². The summed E-state index contributed by atoms with van der Waals surface area (Å²) in [4.78, 5) is 11.8. The van der Waals surface area contributed by atoms with Gasteiger partial charge in [0.1, 0.15) is 5.75 Å². The molecule has 0 saturated carbocycles. The van der Waals surface area contributed by atoms with Gasteiger partial charge in [0.2, 0.25) is 5.91 Å². The molecule has 0 aromatic heterocycles. The molecule has 1 amide bonds. The Morgan fingerprint density at radius 3 is 2.56 bits per heavy atom. The number of benzene rings is 2. The highest BCUT2D eigenvalue weighted by molar-refractivity contribution is 7.99. The van der Waals surface area contributed by atoms with Crippen LogP contribution in [-0.2, 0) is 10.5 Å². The summed E-state index contributed by atoms with van der Waals surface area (Å²) in [6.07, 6.45) is 1.63. The molecule has 5 heteroatoms. The van der Waals surface area contributed by atoms with Crippen LogP contribution in [0, 0.1) is 5.92 Å². The van der Waals surface area contributed by atoms with E-state index in [2.05, 4.69) is 36.5 Å². The summed E-state index contributed by atoms with van der Waals surface area (Å²) in [5.74, 6) is 2.43. The number of nitrogens with zero attached hydrogens (tertiary/aromatic N) is 1. The van der Waals surface area contributed by atoms with Gasteiger partial charge in [0, 0.05) is 5.75 Å².